The second-order valence-corrected chi connectivity index (χ2v) is 3.22. The molecule has 0 aliphatic carbocycles. The van der Waals surface area contributed by atoms with E-state index in [-0.39, 0.29) is 0 Å². The third-order valence-corrected chi connectivity index (χ3v) is 2.23. The van der Waals surface area contributed by atoms with Gasteiger partial charge in [0, 0.05) is 6.04 Å². The summed E-state index contributed by atoms with van der Waals surface area (Å²) in [6.45, 7) is 8.90. The molecule has 0 bridgehead atoms. The number of hydrogen-bond acceptors (Lipinski definition) is 2. The molecule has 0 heterocycles. The molecule has 0 aromatic heterocycles. The minimum atomic E-state index is 0.647. The number of hydrogen-bond donors (Lipinski definition) is 2. The third kappa shape index (κ3) is 5.22. The maximum Gasteiger partial charge on any atom is 0.00647 e. The number of nitrogens with one attached hydrogen (secondary N) is 2. The fourth-order valence-electron chi connectivity index (χ4n) is 1.15. The molecule has 2 N–H and O–H groups in total. The lowest BCUT2D eigenvalue weighted by atomic mass is 10.00. The average molecular weight is 158 g/mol. The van der Waals surface area contributed by atoms with Gasteiger partial charge < -0.3 is 10.6 Å². The summed E-state index contributed by atoms with van der Waals surface area (Å²) in [4.78, 5) is 0. The van der Waals surface area contributed by atoms with E-state index in [2.05, 4.69) is 31.4 Å². The van der Waals surface area contributed by atoms with Crippen LogP contribution in [0.25, 0.3) is 0 Å². The van der Waals surface area contributed by atoms with E-state index in [1.165, 1.54) is 6.42 Å². The maximum absolute atomic E-state index is 3.43. The largest absolute Gasteiger partial charge is 0.320 e. The van der Waals surface area contributed by atoms with E-state index in [9.17, 15) is 0 Å². The fraction of sp³-hybridized carbons (Fsp3) is 1.00. The van der Waals surface area contributed by atoms with E-state index >= 15 is 0 Å². The minimum Gasteiger partial charge on any atom is -0.320 e. The van der Waals surface area contributed by atoms with Crippen LogP contribution in [0.4, 0.5) is 0 Å². The molecular weight excluding hydrogens is 136 g/mol. The van der Waals surface area contributed by atoms with Gasteiger partial charge in [0.25, 0.3) is 0 Å². The molecule has 2 unspecified atom stereocenters. The van der Waals surface area contributed by atoms with Crippen molar-refractivity contribution in [2.75, 3.05) is 20.1 Å². The Labute approximate surface area is 70.8 Å². The molecule has 0 aliphatic rings. The second kappa shape index (κ2) is 6.62. The van der Waals surface area contributed by atoms with Crippen LogP contribution in [-0.2, 0) is 0 Å². The third-order valence-electron chi connectivity index (χ3n) is 2.23. The predicted octanol–water partition coefficient (Wildman–Crippen LogP) is 1.23. The van der Waals surface area contributed by atoms with E-state index in [4.69, 9.17) is 0 Å². The van der Waals surface area contributed by atoms with Gasteiger partial charge in [0.1, 0.15) is 0 Å². The Morgan fingerprint density at radius 1 is 1.27 bits per heavy atom. The molecule has 2 heteroatoms. The van der Waals surface area contributed by atoms with Crippen molar-refractivity contribution in [1.29, 1.82) is 0 Å². The van der Waals surface area contributed by atoms with Crippen LogP contribution in [0.1, 0.15) is 27.2 Å². The van der Waals surface area contributed by atoms with Crippen LogP contribution in [0.15, 0.2) is 0 Å². The first-order valence-corrected chi connectivity index (χ1v) is 4.60. The van der Waals surface area contributed by atoms with Gasteiger partial charge in [0.05, 0.1) is 0 Å². The Hall–Kier alpha value is -0.0800. The Kier molecular flexibility index (Phi) is 6.57. The SMILES string of the molecule is CCNC(C)C(C)CCNC. The molecule has 11 heavy (non-hydrogen) atoms. The molecule has 0 aliphatic heterocycles. The number of rotatable bonds is 6. The van der Waals surface area contributed by atoms with E-state index < -0.39 is 0 Å². The highest BCUT2D eigenvalue weighted by Crippen LogP contribution is 2.05. The Morgan fingerprint density at radius 2 is 1.91 bits per heavy atom. The van der Waals surface area contributed by atoms with Crippen molar-refractivity contribution in [2.45, 2.75) is 33.2 Å². The molecule has 0 radical (unpaired) electrons. The maximum atomic E-state index is 3.43. The van der Waals surface area contributed by atoms with Gasteiger partial charge in [0.2, 0.25) is 0 Å². The smallest absolute Gasteiger partial charge is 0.00647 e. The van der Waals surface area contributed by atoms with Crippen molar-refractivity contribution in [3.8, 4) is 0 Å². The zero-order chi connectivity index (χ0) is 8.69. The van der Waals surface area contributed by atoms with Crippen LogP contribution in [0, 0.1) is 5.92 Å². The zero-order valence-electron chi connectivity index (χ0n) is 8.28. The first-order chi connectivity index (χ1) is 5.22. The molecule has 0 saturated carbocycles. The van der Waals surface area contributed by atoms with Gasteiger partial charge in [-0.15, -0.1) is 0 Å². The van der Waals surface area contributed by atoms with Crippen LogP contribution in [0.2, 0.25) is 0 Å². The average Bonchev–Trinajstić information content (AvgIpc) is 2.00. The summed E-state index contributed by atoms with van der Waals surface area (Å²) < 4.78 is 0. The summed E-state index contributed by atoms with van der Waals surface area (Å²) in [6, 6.07) is 0.647. The van der Waals surface area contributed by atoms with Crippen molar-refractivity contribution >= 4 is 0 Å². The van der Waals surface area contributed by atoms with Gasteiger partial charge in [-0.05, 0) is 39.4 Å². The summed E-state index contributed by atoms with van der Waals surface area (Å²) in [5.74, 6) is 0.766. The van der Waals surface area contributed by atoms with Crippen LogP contribution in [-0.4, -0.2) is 26.2 Å². The van der Waals surface area contributed by atoms with Gasteiger partial charge in [-0.3, -0.25) is 0 Å². The first kappa shape index (κ1) is 10.9. The minimum absolute atomic E-state index is 0.647. The lowest BCUT2D eigenvalue weighted by Gasteiger charge is -2.20. The van der Waals surface area contributed by atoms with Crippen molar-refractivity contribution in [3.05, 3.63) is 0 Å². The highest BCUT2D eigenvalue weighted by Gasteiger charge is 2.08. The highest BCUT2D eigenvalue weighted by atomic mass is 14.9. The van der Waals surface area contributed by atoms with Crippen LogP contribution in [0.3, 0.4) is 0 Å². The van der Waals surface area contributed by atoms with Crippen molar-refractivity contribution in [3.63, 3.8) is 0 Å². The Balaban J connectivity index is 3.38. The predicted molar refractivity (Wildman–Crippen MR) is 50.8 cm³/mol. The van der Waals surface area contributed by atoms with Crippen LogP contribution >= 0.6 is 0 Å². The summed E-state index contributed by atoms with van der Waals surface area (Å²) in [5, 5.41) is 6.59. The van der Waals surface area contributed by atoms with Gasteiger partial charge in [-0.25, -0.2) is 0 Å². The van der Waals surface area contributed by atoms with Crippen LogP contribution < -0.4 is 10.6 Å². The van der Waals surface area contributed by atoms with Gasteiger partial charge in [-0.2, -0.15) is 0 Å². The molecule has 0 aromatic carbocycles. The first-order valence-electron chi connectivity index (χ1n) is 4.60. The zero-order valence-corrected chi connectivity index (χ0v) is 8.28. The molecule has 0 aromatic rings. The van der Waals surface area contributed by atoms with Crippen molar-refractivity contribution in [1.82, 2.24) is 10.6 Å². The summed E-state index contributed by atoms with van der Waals surface area (Å²) in [7, 11) is 2.00. The Morgan fingerprint density at radius 3 is 2.36 bits per heavy atom. The topological polar surface area (TPSA) is 24.1 Å². The summed E-state index contributed by atoms with van der Waals surface area (Å²) in [5.41, 5.74) is 0. The molecule has 0 rings (SSSR count). The van der Waals surface area contributed by atoms with Crippen molar-refractivity contribution < 1.29 is 0 Å². The monoisotopic (exact) mass is 158 g/mol. The molecule has 0 fully saturated rings. The molecule has 2 atom stereocenters. The highest BCUT2D eigenvalue weighted by molar-refractivity contribution is 4.67. The van der Waals surface area contributed by atoms with E-state index in [0.29, 0.717) is 6.04 Å². The molecule has 68 valence electrons. The molecule has 2 nitrogen and oxygen atoms in total. The normalized spacial score (nSPS) is 16.4. The van der Waals surface area contributed by atoms with E-state index in [1.54, 1.807) is 0 Å². The second-order valence-electron chi connectivity index (χ2n) is 3.22. The molecule has 0 spiro atoms. The molecule has 0 amide bonds. The fourth-order valence-corrected chi connectivity index (χ4v) is 1.15. The lowest BCUT2D eigenvalue weighted by molar-refractivity contribution is 0.383. The molecular formula is C9H22N2. The van der Waals surface area contributed by atoms with Gasteiger partial charge in [-0.1, -0.05) is 13.8 Å². The van der Waals surface area contributed by atoms with Gasteiger partial charge in [0.15, 0.2) is 0 Å². The van der Waals surface area contributed by atoms with Crippen molar-refractivity contribution in [2.24, 2.45) is 5.92 Å². The van der Waals surface area contributed by atoms with Crippen LogP contribution in [0.5, 0.6) is 0 Å². The lowest BCUT2D eigenvalue weighted by Crippen LogP contribution is -2.33. The van der Waals surface area contributed by atoms with Gasteiger partial charge >= 0.3 is 0 Å². The quantitative estimate of drug-likeness (QED) is 0.607. The summed E-state index contributed by atoms with van der Waals surface area (Å²) in [6.07, 6.45) is 1.25. The summed E-state index contributed by atoms with van der Waals surface area (Å²) >= 11 is 0. The van der Waals surface area contributed by atoms with E-state index in [1.807, 2.05) is 7.05 Å². The standard InChI is InChI=1S/C9H22N2/c1-5-11-9(3)8(2)6-7-10-4/h8-11H,5-7H2,1-4H3. The van der Waals surface area contributed by atoms with E-state index in [0.717, 1.165) is 19.0 Å². The molecule has 0 saturated heterocycles. The Bertz CT molecular complexity index is 83.6.